The van der Waals surface area contributed by atoms with Crippen molar-refractivity contribution in [1.82, 2.24) is 24.6 Å². The molecule has 0 aliphatic carbocycles. The third-order valence-electron chi connectivity index (χ3n) is 11.8. The molecule has 4 amide bonds. The molecule has 0 radical (unpaired) electrons. The van der Waals surface area contributed by atoms with Crippen LogP contribution in [0.1, 0.15) is 70.0 Å². The lowest BCUT2D eigenvalue weighted by molar-refractivity contribution is -0.136. The molecule has 2 fully saturated rings. The van der Waals surface area contributed by atoms with Gasteiger partial charge >= 0.3 is 0 Å². The molecule has 6 heterocycles. The highest BCUT2D eigenvalue weighted by Crippen LogP contribution is 2.46. The second-order valence-electron chi connectivity index (χ2n) is 15.1. The van der Waals surface area contributed by atoms with Crippen LogP contribution in [0.25, 0.3) is 22.0 Å². The predicted octanol–water partition coefficient (Wildman–Crippen LogP) is 5.43. The maximum atomic E-state index is 15.0. The number of carbonyl (C=O) groups is 4. The van der Waals surface area contributed by atoms with Crippen molar-refractivity contribution < 1.29 is 37.4 Å². The van der Waals surface area contributed by atoms with E-state index in [9.17, 15) is 32.8 Å². The molecule has 16 heteroatoms. The summed E-state index contributed by atoms with van der Waals surface area (Å²) in [6.45, 7) is 3.64. The van der Waals surface area contributed by atoms with Crippen LogP contribution in [-0.4, -0.2) is 82.3 Å². The van der Waals surface area contributed by atoms with Crippen molar-refractivity contribution in [2.24, 2.45) is 7.05 Å². The Bertz CT molecular complexity index is 2630. The summed E-state index contributed by atoms with van der Waals surface area (Å²) >= 11 is 0. The first-order valence-corrected chi connectivity index (χ1v) is 19.1. The fourth-order valence-electron chi connectivity index (χ4n) is 8.70. The van der Waals surface area contributed by atoms with E-state index in [1.165, 1.54) is 13.2 Å². The van der Waals surface area contributed by atoms with Crippen molar-refractivity contribution in [3.63, 3.8) is 0 Å². The molecular weight excluding hydrogens is 752 g/mol. The summed E-state index contributed by atoms with van der Waals surface area (Å²) in [6.07, 6.45) is 2.07. The average molecular weight is 792 g/mol. The summed E-state index contributed by atoms with van der Waals surface area (Å²) in [5, 5.41) is 7.60. The van der Waals surface area contributed by atoms with Gasteiger partial charge in [0.05, 0.1) is 53.9 Å². The number of aromatic nitrogens is 3. The van der Waals surface area contributed by atoms with Crippen LogP contribution in [0.15, 0.2) is 65.7 Å². The number of benzene rings is 3. The first kappa shape index (κ1) is 37.0. The van der Waals surface area contributed by atoms with Crippen LogP contribution in [0.3, 0.4) is 0 Å². The number of halogens is 2. The zero-order valence-corrected chi connectivity index (χ0v) is 32.0. The fraction of sp³-hybridized carbons (Fsp3) is 0.333. The monoisotopic (exact) mass is 791 g/mol. The van der Waals surface area contributed by atoms with Crippen LogP contribution in [0, 0.1) is 6.92 Å². The average Bonchev–Trinajstić information content (AvgIpc) is 3.81. The quantitative estimate of drug-likeness (QED) is 0.212. The van der Waals surface area contributed by atoms with Gasteiger partial charge in [-0.3, -0.25) is 38.9 Å². The molecule has 14 nitrogen and oxygen atoms in total. The molecule has 58 heavy (non-hydrogen) atoms. The number of rotatable bonds is 7. The molecule has 3 aromatic carbocycles. The highest BCUT2D eigenvalue weighted by Gasteiger charge is 2.45. The molecule has 9 rings (SSSR count). The SMILES string of the molecule is COc1cc(N2CCOc3cc(-c4cnn(C5CCN(c6ccc7c(c6)C(=O)N(C6CCC(=O)NC6=O)C7=O)CC5)c4)c(C(F)F)cc32)c2cc(C)c(=O)n(C)c2c1. The van der Waals surface area contributed by atoms with Gasteiger partial charge in [-0.1, -0.05) is 0 Å². The third-order valence-corrected chi connectivity index (χ3v) is 11.8. The van der Waals surface area contributed by atoms with Crippen LogP contribution in [0.4, 0.5) is 25.8 Å². The van der Waals surface area contributed by atoms with Crippen molar-refractivity contribution in [3.8, 4) is 22.6 Å². The number of piperidine rings is 2. The van der Waals surface area contributed by atoms with Crippen LogP contribution < -0.4 is 30.1 Å². The highest BCUT2D eigenvalue weighted by molar-refractivity contribution is 6.23. The van der Waals surface area contributed by atoms with E-state index in [0.717, 1.165) is 16.0 Å². The lowest BCUT2D eigenvalue weighted by atomic mass is 9.99. The number of carbonyl (C=O) groups excluding carboxylic acids is 4. The smallest absolute Gasteiger partial charge is 0.264 e. The van der Waals surface area contributed by atoms with Crippen molar-refractivity contribution in [2.75, 3.05) is 43.2 Å². The summed E-state index contributed by atoms with van der Waals surface area (Å²) in [5.41, 5.74) is 4.13. The fourth-order valence-corrected chi connectivity index (χ4v) is 8.70. The summed E-state index contributed by atoms with van der Waals surface area (Å²) in [5.74, 6) is -1.23. The number of nitrogens with one attached hydrogen (secondary N) is 1. The molecule has 1 unspecified atom stereocenters. The molecule has 1 atom stereocenters. The number of alkyl halides is 2. The Labute approximate surface area is 330 Å². The summed E-state index contributed by atoms with van der Waals surface area (Å²) < 4.78 is 45.0. The van der Waals surface area contributed by atoms with Crippen molar-refractivity contribution in [3.05, 3.63) is 93.5 Å². The molecule has 4 aliphatic heterocycles. The van der Waals surface area contributed by atoms with E-state index in [4.69, 9.17) is 9.47 Å². The number of hydrogen-bond acceptors (Lipinski definition) is 10. The van der Waals surface area contributed by atoms with Crippen LogP contribution in [0.5, 0.6) is 11.5 Å². The van der Waals surface area contributed by atoms with Crippen molar-refractivity contribution in [2.45, 2.75) is 51.1 Å². The topological polar surface area (TPSA) is 148 Å². The number of imide groups is 2. The number of fused-ring (bicyclic) bond motifs is 3. The van der Waals surface area contributed by atoms with E-state index in [2.05, 4.69) is 15.3 Å². The second kappa shape index (κ2) is 14.1. The van der Waals surface area contributed by atoms with Gasteiger partial charge in [0.2, 0.25) is 11.8 Å². The minimum Gasteiger partial charge on any atom is -0.497 e. The highest BCUT2D eigenvalue weighted by atomic mass is 19.3. The van der Waals surface area contributed by atoms with E-state index in [-0.39, 0.29) is 41.1 Å². The molecule has 2 aromatic heterocycles. The minimum atomic E-state index is -2.80. The summed E-state index contributed by atoms with van der Waals surface area (Å²) in [7, 11) is 3.24. The Morgan fingerprint density at radius 3 is 2.41 bits per heavy atom. The molecule has 298 valence electrons. The Kier molecular flexibility index (Phi) is 9.01. The van der Waals surface area contributed by atoms with Gasteiger partial charge in [0, 0.05) is 72.7 Å². The third kappa shape index (κ3) is 6.05. The number of anilines is 3. The van der Waals surface area contributed by atoms with Gasteiger partial charge in [0.25, 0.3) is 23.8 Å². The number of amides is 4. The van der Waals surface area contributed by atoms with E-state index in [1.807, 2.05) is 21.7 Å². The van der Waals surface area contributed by atoms with E-state index in [0.29, 0.717) is 84.2 Å². The molecule has 0 spiro atoms. The van der Waals surface area contributed by atoms with Crippen molar-refractivity contribution >= 4 is 51.6 Å². The number of hydrogen-bond donors (Lipinski definition) is 1. The van der Waals surface area contributed by atoms with Gasteiger partial charge in [0.15, 0.2) is 0 Å². The molecule has 5 aromatic rings. The second-order valence-corrected chi connectivity index (χ2v) is 15.1. The van der Waals surface area contributed by atoms with E-state index in [1.54, 1.807) is 61.3 Å². The number of ether oxygens (including phenoxy) is 2. The maximum absolute atomic E-state index is 15.0. The van der Waals surface area contributed by atoms with Gasteiger partial charge < -0.3 is 23.8 Å². The van der Waals surface area contributed by atoms with Gasteiger partial charge in [0.1, 0.15) is 24.1 Å². The van der Waals surface area contributed by atoms with E-state index >= 15 is 0 Å². The Morgan fingerprint density at radius 1 is 0.897 bits per heavy atom. The zero-order valence-electron chi connectivity index (χ0n) is 32.0. The van der Waals surface area contributed by atoms with Gasteiger partial charge in [-0.25, -0.2) is 8.78 Å². The maximum Gasteiger partial charge on any atom is 0.264 e. The first-order valence-electron chi connectivity index (χ1n) is 19.1. The molecule has 4 aliphatic rings. The summed E-state index contributed by atoms with van der Waals surface area (Å²) in [4.78, 5) is 68.5. The molecule has 0 bridgehead atoms. The van der Waals surface area contributed by atoms with Gasteiger partial charge in [-0.2, -0.15) is 5.10 Å². The number of pyridine rings is 1. The molecule has 0 saturated carbocycles. The largest absolute Gasteiger partial charge is 0.497 e. The standard InChI is InChI=1S/C42H39F2N7O7/c1-22-14-31-33(47(2)40(22)54)16-26(57-3)17-34(31)49-12-13-58-36-19-28(29(38(43)44)18-35(36)49)23-20-45-50(21-23)24-8-10-48(11-9-24)25-4-5-27-30(15-25)42(56)51(41(27)55)32-6-7-37(52)46-39(32)53/h4-5,14-21,24,32,38H,6-13H2,1-3H3,(H,46,52,53). The van der Waals surface area contributed by atoms with Gasteiger partial charge in [-0.05, 0) is 68.1 Å². The van der Waals surface area contributed by atoms with Crippen molar-refractivity contribution in [1.29, 1.82) is 0 Å². The van der Waals surface area contributed by atoms with Crippen LogP contribution in [-0.2, 0) is 16.6 Å². The minimum absolute atomic E-state index is 0.0224. The first-order chi connectivity index (χ1) is 27.9. The molecular formula is C42H39F2N7O7. The Morgan fingerprint density at radius 2 is 1.67 bits per heavy atom. The van der Waals surface area contributed by atoms with Gasteiger partial charge in [-0.15, -0.1) is 0 Å². The zero-order chi connectivity index (χ0) is 40.6. The number of aryl methyl sites for hydroxylation is 2. The Balaban J connectivity index is 0.947. The predicted molar refractivity (Wildman–Crippen MR) is 209 cm³/mol. The number of methoxy groups -OCH3 is 1. The summed E-state index contributed by atoms with van der Waals surface area (Å²) in [6, 6.07) is 12.6. The lowest BCUT2D eigenvalue weighted by Gasteiger charge is -2.34. The normalized spacial score (nSPS) is 18.5. The van der Waals surface area contributed by atoms with Crippen LogP contribution in [0.2, 0.25) is 0 Å². The molecule has 2 saturated heterocycles. The molecule has 1 N–H and O–H groups in total. The lowest BCUT2D eigenvalue weighted by Crippen LogP contribution is -2.54. The van der Waals surface area contributed by atoms with E-state index < -0.39 is 36.1 Å². The Hall–Kier alpha value is -6.58. The van der Waals surface area contributed by atoms with Crippen LogP contribution >= 0.6 is 0 Å². The number of nitrogens with zero attached hydrogens (tertiary/aromatic N) is 6.